The molecule has 6 nitrogen and oxygen atoms in total. The second kappa shape index (κ2) is 5.58. The third kappa shape index (κ3) is 3.33. The Hall–Kier alpha value is -1.95. The lowest BCUT2D eigenvalue weighted by Gasteiger charge is -2.35. The summed E-state index contributed by atoms with van der Waals surface area (Å²) in [6.07, 6.45) is 2.13. The van der Waals surface area contributed by atoms with Crippen LogP contribution in [0.15, 0.2) is 24.3 Å². The molecule has 0 radical (unpaired) electrons. The third-order valence-corrected chi connectivity index (χ3v) is 3.68. The van der Waals surface area contributed by atoms with Gasteiger partial charge in [-0.05, 0) is 24.3 Å². The third-order valence-electron chi connectivity index (χ3n) is 3.68. The Kier molecular flexibility index (Phi) is 4.04. The fraction of sp³-hybridized carbons (Fsp3) is 0.500. The van der Waals surface area contributed by atoms with Gasteiger partial charge >= 0.3 is 5.97 Å². The number of hydrogen-bond acceptors (Lipinski definition) is 5. The molecule has 1 aromatic carbocycles. The van der Waals surface area contributed by atoms with Crippen LogP contribution in [0, 0.1) is 10.1 Å². The number of rotatable bonds is 3. The molecule has 20 heavy (non-hydrogen) atoms. The van der Waals surface area contributed by atoms with Crippen molar-refractivity contribution >= 4 is 11.7 Å². The number of benzene rings is 1. The van der Waals surface area contributed by atoms with Crippen molar-refractivity contribution in [3.05, 3.63) is 39.9 Å². The molecule has 1 aliphatic rings. The molecule has 0 amide bonds. The van der Waals surface area contributed by atoms with Crippen LogP contribution in [0.1, 0.15) is 44.1 Å². The Labute approximate surface area is 116 Å². The smallest absolute Gasteiger partial charge is 0.305 e. The minimum atomic E-state index is -1.36. The monoisotopic (exact) mass is 279 g/mol. The maximum atomic E-state index is 10.9. The van der Waals surface area contributed by atoms with E-state index in [1.807, 2.05) is 0 Å². The first-order chi connectivity index (χ1) is 9.39. The molecule has 1 aromatic rings. The van der Waals surface area contributed by atoms with Gasteiger partial charge in [-0.1, -0.05) is 12.1 Å². The minimum Gasteiger partial charge on any atom is -0.433 e. The van der Waals surface area contributed by atoms with E-state index >= 15 is 0 Å². The average molecular weight is 279 g/mol. The van der Waals surface area contributed by atoms with Gasteiger partial charge in [0.05, 0.1) is 4.92 Å². The molecule has 0 unspecified atom stereocenters. The first-order valence-electron chi connectivity index (χ1n) is 6.56. The highest BCUT2D eigenvalue weighted by Gasteiger charge is 2.36. The van der Waals surface area contributed by atoms with E-state index in [0.717, 1.165) is 5.56 Å². The number of nitrogens with zero attached hydrogens (tertiary/aromatic N) is 1. The summed E-state index contributed by atoms with van der Waals surface area (Å²) in [6, 6.07) is 6.47. The molecular weight excluding hydrogens is 262 g/mol. The summed E-state index contributed by atoms with van der Waals surface area (Å²) in [5.74, 6) is -1.61. The van der Waals surface area contributed by atoms with E-state index in [4.69, 9.17) is 4.74 Å². The van der Waals surface area contributed by atoms with Crippen molar-refractivity contribution in [2.45, 2.75) is 44.3 Å². The van der Waals surface area contributed by atoms with Crippen LogP contribution in [-0.4, -0.2) is 21.8 Å². The molecule has 0 atom stereocenters. The SMILES string of the molecule is CC(=O)OC1(O)CCC(c2ccc([N+](=O)[O-])cc2)CC1. The van der Waals surface area contributed by atoms with Gasteiger partial charge < -0.3 is 9.84 Å². The van der Waals surface area contributed by atoms with Gasteiger partial charge in [0.1, 0.15) is 0 Å². The van der Waals surface area contributed by atoms with Crippen LogP contribution >= 0.6 is 0 Å². The van der Waals surface area contributed by atoms with Crippen molar-refractivity contribution < 1.29 is 19.6 Å². The molecule has 1 saturated carbocycles. The number of nitro groups is 1. The largest absolute Gasteiger partial charge is 0.433 e. The van der Waals surface area contributed by atoms with E-state index in [1.54, 1.807) is 12.1 Å². The van der Waals surface area contributed by atoms with Crippen LogP contribution in [0.4, 0.5) is 5.69 Å². The zero-order chi connectivity index (χ0) is 14.8. The zero-order valence-corrected chi connectivity index (χ0v) is 11.2. The van der Waals surface area contributed by atoms with Crippen LogP contribution in [0.2, 0.25) is 0 Å². The van der Waals surface area contributed by atoms with Crippen molar-refractivity contribution in [3.8, 4) is 0 Å². The topological polar surface area (TPSA) is 89.7 Å². The average Bonchev–Trinajstić information content (AvgIpc) is 2.38. The van der Waals surface area contributed by atoms with Crippen LogP contribution < -0.4 is 0 Å². The molecule has 2 rings (SSSR count). The summed E-state index contributed by atoms with van der Waals surface area (Å²) in [4.78, 5) is 21.1. The molecule has 0 aromatic heterocycles. The number of nitro benzene ring substituents is 1. The molecule has 0 bridgehead atoms. The van der Waals surface area contributed by atoms with Gasteiger partial charge in [0.15, 0.2) is 0 Å². The lowest BCUT2D eigenvalue weighted by atomic mass is 9.81. The Balaban J connectivity index is 2.00. The number of non-ortho nitro benzene ring substituents is 1. The predicted octanol–water partition coefficient (Wildman–Crippen LogP) is 2.50. The van der Waals surface area contributed by atoms with Crippen LogP contribution in [0.25, 0.3) is 0 Å². The molecule has 6 heteroatoms. The molecule has 0 saturated heterocycles. The van der Waals surface area contributed by atoms with Crippen LogP contribution in [0.5, 0.6) is 0 Å². The summed E-state index contributed by atoms with van der Waals surface area (Å²) in [6.45, 7) is 1.28. The molecule has 0 spiro atoms. The molecule has 1 fully saturated rings. The number of hydrogen-bond donors (Lipinski definition) is 1. The van der Waals surface area contributed by atoms with Gasteiger partial charge in [-0.3, -0.25) is 14.9 Å². The van der Waals surface area contributed by atoms with Gasteiger partial charge in [-0.25, -0.2) is 0 Å². The first kappa shape index (κ1) is 14.5. The van der Waals surface area contributed by atoms with Crippen molar-refractivity contribution in [2.75, 3.05) is 0 Å². The lowest BCUT2D eigenvalue weighted by Crippen LogP contribution is -2.37. The predicted molar refractivity (Wildman–Crippen MR) is 71.0 cm³/mol. The van der Waals surface area contributed by atoms with E-state index < -0.39 is 16.7 Å². The van der Waals surface area contributed by atoms with Crippen molar-refractivity contribution in [2.24, 2.45) is 0 Å². The fourth-order valence-electron chi connectivity index (χ4n) is 2.64. The Morgan fingerprint density at radius 1 is 1.35 bits per heavy atom. The Morgan fingerprint density at radius 3 is 2.35 bits per heavy atom. The minimum absolute atomic E-state index is 0.0703. The second-order valence-corrected chi connectivity index (χ2v) is 5.16. The summed E-state index contributed by atoms with van der Waals surface area (Å²) < 4.78 is 4.94. The molecule has 0 aliphatic heterocycles. The highest BCUT2D eigenvalue weighted by Crippen LogP contribution is 2.38. The second-order valence-electron chi connectivity index (χ2n) is 5.16. The highest BCUT2D eigenvalue weighted by atomic mass is 16.7. The van der Waals surface area contributed by atoms with Crippen LogP contribution in [-0.2, 0) is 9.53 Å². The molecule has 108 valence electrons. The van der Waals surface area contributed by atoms with E-state index in [2.05, 4.69) is 0 Å². The molecular formula is C14H17NO5. The molecule has 0 heterocycles. The maximum absolute atomic E-state index is 10.9. The van der Waals surface area contributed by atoms with Gasteiger partial charge in [-0.15, -0.1) is 0 Å². The van der Waals surface area contributed by atoms with Gasteiger partial charge in [0, 0.05) is 31.9 Å². The number of carbonyl (C=O) groups is 1. The van der Waals surface area contributed by atoms with Crippen LogP contribution in [0.3, 0.4) is 0 Å². The molecule has 1 aliphatic carbocycles. The number of aliphatic hydroxyl groups is 1. The van der Waals surface area contributed by atoms with Gasteiger partial charge in [-0.2, -0.15) is 0 Å². The first-order valence-corrected chi connectivity index (χ1v) is 6.56. The van der Waals surface area contributed by atoms with Gasteiger partial charge in [0.2, 0.25) is 5.79 Å². The van der Waals surface area contributed by atoms with E-state index in [-0.39, 0.29) is 11.6 Å². The fourth-order valence-corrected chi connectivity index (χ4v) is 2.64. The Morgan fingerprint density at radius 2 is 1.90 bits per heavy atom. The number of ether oxygens (including phenoxy) is 1. The normalized spacial score (nSPS) is 26.0. The Bertz CT molecular complexity index is 503. The zero-order valence-electron chi connectivity index (χ0n) is 11.2. The summed E-state index contributed by atoms with van der Waals surface area (Å²) in [5, 5.41) is 20.7. The summed E-state index contributed by atoms with van der Waals surface area (Å²) in [5.41, 5.74) is 1.08. The van der Waals surface area contributed by atoms with Crippen molar-refractivity contribution in [1.29, 1.82) is 0 Å². The van der Waals surface area contributed by atoms with Crippen molar-refractivity contribution in [1.82, 2.24) is 0 Å². The molecule has 1 N–H and O–H groups in total. The van der Waals surface area contributed by atoms with E-state index in [1.165, 1.54) is 19.1 Å². The van der Waals surface area contributed by atoms with Gasteiger partial charge in [0.25, 0.3) is 5.69 Å². The van der Waals surface area contributed by atoms with Crippen molar-refractivity contribution in [3.63, 3.8) is 0 Å². The number of esters is 1. The quantitative estimate of drug-likeness (QED) is 0.397. The lowest BCUT2D eigenvalue weighted by molar-refractivity contribution is -0.384. The summed E-state index contributed by atoms with van der Waals surface area (Å²) >= 11 is 0. The number of carbonyl (C=O) groups excluding carboxylic acids is 1. The standard InChI is InChI=1S/C14H17NO5/c1-10(16)20-14(17)8-6-12(7-9-14)11-2-4-13(5-3-11)15(18)19/h2-5,12,17H,6-9H2,1H3. The van der Waals surface area contributed by atoms with E-state index in [9.17, 15) is 20.0 Å². The van der Waals surface area contributed by atoms with E-state index in [0.29, 0.717) is 25.7 Å². The maximum Gasteiger partial charge on any atom is 0.305 e. The summed E-state index contributed by atoms with van der Waals surface area (Å²) in [7, 11) is 0. The highest BCUT2D eigenvalue weighted by molar-refractivity contribution is 5.66.